The highest BCUT2D eigenvalue weighted by Gasteiger charge is 2.31. The maximum absolute atomic E-state index is 12.6. The fraction of sp³-hybridized carbons (Fsp3) is 0.481. The lowest BCUT2D eigenvalue weighted by Gasteiger charge is -2.36. The minimum atomic E-state index is -0.317. The number of hydrogen-bond donors (Lipinski definition) is 1. The molecule has 3 fully saturated rings. The van der Waals surface area contributed by atoms with Crippen molar-refractivity contribution in [2.24, 2.45) is 0 Å². The summed E-state index contributed by atoms with van der Waals surface area (Å²) in [6, 6.07) is 10.3. The largest absolute Gasteiger partial charge is 0.378 e. The van der Waals surface area contributed by atoms with Gasteiger partial charge in [0.2, 0.25) is 0 Å². The SMILES string of the molecule is Cc1cccc2[nH]c(=O)nc(N3CCCCC3c3cc4nc(N5CCC5)cc(N5CCOCC5)n4n3)c12. The summed E-state index contributed by atoms with van der Waals surface area (Å²) in [4.78, 5) is 32.0. The van der Waals surface area contributed by atoms with Gasteiger partial charge in [-0.25, -0.2) is 9.78 Å². The van der Waals surface area contributed by atoms with E-state index in [1.807, 2.05) is 16.6 Å². The Kier molecular flexibility index (Phi) is 5.49. The second-order valence-corrected chi connectivity index (χ2v) is 10.3. The zero-order chi connectivity index (χ0) is 24.9. The molecule has 7 rings (SSSR count). The van der Waals surface area contributed by atoms with Crippen LogP contribution in [-0.2, 0) is 4.74 Å². The summed E-state index contributed by atoms with van der Waals surface area (Å²) in [6.07, 6.45) is 4.33. The highest BCUT2D eigenvalue weighted by Crippen LogP contribution is 2.38. The van der Waals surface area contributed by atoms with Crippen LogP contribution in [-0.4, -0.2) is 70.5 Å². The summed E-state index contributed by atoms with van der Waals surface area (Å²) in [5, 5.41) is 6.16. The fourth-order valence-electron chi connectivity index (χ4n) is 5.92. The molecule has 10 nitrogen and oxygen atoms in total. The Morgan fingerprint density at radius 1 is 0.973 bits per heavy atom. The van der Waals surface area contributed by atoms with Gasteiger partial charge in [0, 0.05) is 50.2 Å². The van der Waals surface area contributed by atoms with E-state index in [4.69, 9.17) is 14.8 Å². The van der Waals surface area contributed by atoms with Gasteiger partial charge >= 0.3 is 5.69 Å². The van der Waals surface area contributed by atoms with Crippen molar-refractivity contribution in [1.82, 2.24) is 24.6 Å². The number of morpholine rings is 1. The van der Waals surface area contributed by atoms with E-state index < -0.39 is 0 Å². The van der Waals surface area contributed by atoms with Gasteiger partial charge in [0.15, 0.2) is 5.65 Å². The average Bonchev–Trinajstić information content (AvgIpc) is 3.31. The Bertz CT molecular complexity index is 1520. The van der Waals surface area contributed by atoms with Crippen LogP contribution in [0.25, 0.3) is 16.6 Å². The predicted molar refractivity (Wildman–Crippen MR) is 144 cm³/mol. The van der Waals surface area contributed by atoms with Gasteiger partial charge in [-0.3, -0.25) is 0 Å². The van der Waals surface area contributed by atoms with Crippen molar-refractivity contribution in [2.75, 3.05) is 60.6 Å². The Hall–Kier alpha value is -3.66. The van der Waals surface area contributed by atoms with E-state index in [1.54, 1.807) is 0 Å². The smallest absolute Gasteiger partial charge is 0.347 e. The van der Waals surface area contributed by atoms with Crippen molar-refractivity contribution < 1.29 is 4.74 Å². The standard InChI is InChI=1S/C27H32N8O2/c1-18-6-4-7-19-25(18)26(30-27(36)28-19)34-11-3-2-8-21(34)20-16-23-29-22(32-9-5-10-32)17-24(35(23)31-20)33-12-14-37-15-13-33/h4,6-7,16-17,21H,2-3,5,8-15H2,1H3,(H,28,30,36). The zero-order valence-corrected chi connectivity index (χ0v) is 21.2. The highest BCUT2D eigenvalue weighted by molar-refractivity contribution is 5.92. The number of aromatic amines is 1. The van der Waals surface area contributed by atoms with Gasteiger partial charge < -0.3 is 24.4 Å². The Balaban J connectivity index is 1.35. The van der Waals surface area contributed by atoms with Crippen molar-refractivity contribution in [1.29, 1.82) is 0 Å². The van der Waals surface area contributed by atoms with Gasteiger partial charge in [-0.05, 0) is 44.2 Å². The van der Waals surface area contributed by atoms with Gasteiger partial charge in [-0.2, -0.15) is 14.6 Å². The molecule has 6 heterocycles. The van der Waals surface area contributed by atoms with Crippen LogP contribution in [0.1, 0.15) is 43.0 Å². The first-order valence-corrected chi connectivity index (χ1v) is 13.4. The second-order valence-electron chi connectivity index (χ2n) is 10.3. The number of nitrogens with zero attached hydrogens (tertiary/aromatic N) is 7. The third-order valence-corrected chi connectivity index (χ3v) is 7.99. The monoisotopic (exact) mass is 500 g/mol. The number of fused-ring (bicyclic) bond motifs is 2. The van der Waals surface area contributed by atoms with Crippen LogP contribution in [0.15, 0.2) is 35.1 Å². The maximum atomic E-state index is 12.6. The summed E-state index contributed by atoms with van der Waals surface area (Å²) < 4.78 is 7.63. The quantitative estimate of drug-likeness (QED) is 0.457. The summed E-state index contributed by atoms with van der Waals surface area (Å²) in [6.45, 7) is 8.11. The van der Waals surface area contributed by atoms with E-state index in [0.29, 0.717) is 13.2 Å². The van der Waals surface area contributed by atoms with Crippen molar-refractivity contribution in [2.45, 2.75) is 38.6 Å². The number of H-pyrrole nitrogens is 1. The first kappa shape index (κ1) is 22.5. The van der Waals surface area contributed by atoms with Crippen LogP contribution in [0, 0.1) is 6.92 Å². The molecule has 1 atom stereocenters. The molecule has 4 aromatic rings. The molecule has 0 radical (unpaired) electrons. The maximum Gasteiger partial charge on any atom is 0.347 e. The number of rotatable bonds is 4. The lowest BCUT2D eigenvalue weighted by atomic mass is 9.98. The molecule has 0 aliphatic carbocycles. The molecule has 3 aliphatic rings. The van der Waals surface area contributed by atoms with Crippen LogP contribution >= 0.6 is 0 Å². The highest BCUT2D eigenvalue weighted by atomic mass is 16.5. The molecule has 0 amide bonds. The normalized spacial score (nSPS) is 20.6. The van der Waals surface area contributed by atoms with E-state index in [-0.39, 0.29) is 11.7 Å². The molecule has 0 saturated carbocycles. The average molecular weight is 501 g/mol. The van der Waals surface area contributed by atoms with Crippen LogP contribution in [0.3, 0.4) is 0 Å². The van der Waals surface area contributed by atoms with E-state index in [2.05, 4.69) is 49.8 Å². The summed E-state index contributed by atoms with van der Waals surface area (Å²) in [5.74, 6) is 2.84. The lowest BCUT2D eigenvalue weighted by Crippen LogP contribution is -2.40. The van der Waals surface area contributed by atoms with Crippen molar-refractivity contribution in [3.8, 4) is 0 Å². The van der Waals surface area contributed by atoms with Gasteiger partial charge in [0.25, 0.3) is 0 Å². The Morgan fingerprint density at radius 3 is 2.65 bits per heavy atom. The zero-order valence-electron chi connectivity index (χ0n) is 21.2. The number of anilines is 3. The molecular weight excluding hydrogens is 468 g/mol. The summed E-state index contributed by atoms with van der Waals surface area (Å²) in [5.41, 5.74) is 3.45. The van der Waals surface area contributed by atoms with Crippen molar-refractivity contribution >= 4 is 34.0 Å². The fourth-order valence-corrected chi connectivity index (χ4v) is 5.92. The topological polar surface area (TPSA) is 94.9 Å². The molecule has 1 N–H and O–H groups in total. The van der Waals surface area contributed by atoms with Crippen LogP contribution in [0.5, 0.6) is 0 Å². The molecule has 3 aromatic heterocycles. The van der Waals surface area contributed by atoms with Gasteiger partial charge in [0.1, 0.15) is 17.5 Å². The molecule has 3 aliphatic heterocycles. The van der Waals surface area contributed by atoms with Crippen molar-refractivity contribution in [3.63, 3.8) is 0 Å². The third-order valence-electron chi connectivity index (χ3n) is 7.99. The summed E-state index contributed by atoms with van der Waals surface area (Å²) >= 11 is 0. The molecule has 1 unspecified atom stereocenters. The summed E-state index contributed by atoms with van der Waals surface area (Å²) in [7, 11) is 0. The number of nitrogens with one attached hydrogen (secondary N) is 1. The van der Waals surface area contributed by atoms with Crippen LogP contribution < -0.4 is 20.4 Å². The number of aromatic nitrogens is 5. The van der Waals surface area contributed by atoms with Gasteiger partial charge in [-0.1, -0.05) is 12.1 Å². The minimum absolute atomic E-state index is 0.0255. The Labute approximate surface area is 214 Å². The molecule has 192 valence electrons. The lowest BCUT2D eigenvalue weighted by molar-refractivity contribution is 0.122. The van der Waals surface area contributed by atoms with Gasteiger partial charge in [0.05, 0.1) is 30.5 Å². The molecule has 0 spiro atoms. The van der Waals surface area contributed by atoms with Crippen LogP contribution in [0.4, 0.5) is 17.5 Å². The molecular formula is C27H32N8O2. The molecule has 10 heteroatoms. The number of piperidine rings is 1. The van der Waals surface area contributed by atoms with E-state index in [0.717, 1.165) is 97.2 Å². The number of aryl methyl sites for hydroxylation is 1. The molecule has 37 heavy (non-hydrogen) atoms. The molecule has 0 bridgehead atoms. The predicted octanol–water partition coefficient (Wildman–Crippen LogP) is 3.05. The van der Waals surface area contributed by atoms with E-state index in [1.165, 1.54) is 6.42 Å². The van der Waals surface area contributed by atoms with E-state index >= 15 is 0 Å². The number of ether oxygens (including phenoxy) is 1. The Morgan fingerprint density at radius 2 is 1.84 bits per heavy atom. The third kappa shape index (κ3) is 3.90. The molecule has 3 saturated heterocycles. The second kappa shape index (κ2) is 9.02. The number of benzene rings is 1. The van der Waals surface area contributed by atoms with E-state index in [9.17, 15) is 4.79 Å². The first-order chi connectivity index (χ1) is 18.2. The molecule has 1 aromatic carbocycles. The minimum Gasteiger partial charge on any atom is -0.378 e. The number of hydrogen-bond acceptors (Lipinski definition) is 8. The van der Waals surface area contributed by atoms with Crippen molar-refractivity contribution in [3.05, 3.63) is 52.1 Å². The van der Waals surface area contributed by atoms with Gasteiger partial charge in [-0.15, -0.1) is 0 Å². The first-order valence-electron chi connectivity index (χ1n) is 13.4. The van der Waals surface area contributed by atoms with Crippen LogP contribution in [0.2, 0.25) is 0 Å².